The average molecular weight is 288 g/mol. The molecule has 0 radical (unpaired) electrons. The van der Waals surface area contributed by atoms with Crippen molar-refractivity contribution >= 4 is 34.1 Å². The first-order valence-corrected chi connectivity index (χ1v) is 6.66. The van der Waals surface area contributed by atoms with E-state index in [2.05, 4.69) is 9.97 Å². The van der Waals surface area contributed by atoms with Gasteiger partial charge < -0.3 is 10.6 Å². The van der Waals surface area contributed by atoms with Crippen molar-refractivity contribution in [1.29, 1.82) is 0 Å². The minimum absolute atomic E-state index is 0.0278. The van der Waals surface area contributed by atoms with Gasteiger partial charge in [-0.3, -0.25) is 14.8 Å². The zero-order valence-corrected chi connectivity index (χ0v) is 12.2. The molecule has 2 N–H and O–H groups in total. The minimum atomic E-state index is -0.112. The quantitative estimate of drug-likeness (QED) is 0.866. The van der Waals surface area contributed by atoms with E-state index in [4.69, 9.17) is 18.0 Å². The molecule has 0 aliphatic rings. The maximum atomic E-state index is 12.5. The molecular formula is C14H16N4OS. The highest BCUT2D eigenvalue weighted by atomic mass is 32.1. The molecule has 1 atom stereocenters. The predicted molar refractivity (Wildman–Crippen MR) is 82.4 cm³/mol. The Balaban J connectivity index is 2.29. The van der Waals surface area contributed by atoms with Crippen LogP contribution in [0.2, 0.25) is 0 Å². The van der Waals surface area contributed by atoms with E-state index >= 15 is 0 Å². The van der Waals surface area contributed by atoms with Crippen LogP contribution in [0.1, 0.15) is 17.3 Å². The summed E-state index contributed by atoms with van der Waals surface area (Å²) in [6.07, 6.45) is 3.19. The smallest absolute Gasteiger partial charge is 0.255 e. The van der Waals surface area contributed by atoms with E-state index in [0.29, 0.717) is 28.1 Å². The van der Waals surface area contributed by atoms with Gasteiger partial charge in [0.05, 0.1) is 16.1 Å². The summed E-state index contributed by atoms with van der Waals surface area (Å²) in [5.41, 5.74) is 7.43. The van der Waals surface area contributed by atoms with Crippen LogP contribution in [0.3, 0.4) is 0 Å². The number of thiocarbonyl (C=S) groups is 1. The Kier molecular flexibility index (Phi) is 4.24. The first-order chi connectivity index (χ1) is 9.50. The fourth-order valence-electron chi connectivity index (χ4n) is 1.95. The summed E-state index contributed by atoms with van der Waals surface area (Å²) in [5, 5.41) is 0. The molecule has 1 aromatic heterocycles. The summed E-state index contributed by atoms with van der Waals surface area (Å²) in [5.74, 6) is -0.140. The molecule has 0 saturated heterocycles. The Morgan fingerprint density at radius 2 is 2.10 bits per heavy atom. The van der Waals surface area contributed by atoms with Crippen LogP contribution < -0.4 is 5.73 Å². The Labute approximate surface area is 122 Å². The van der Waals surface area contributed by atoms with Gasteiger partial charge >= 0.3 is 0 Å². The largest absolute Gasteiger partial charge is 0.393 e. The fraction of sp³-hybridized carbons (Fsp3) is 0.286. The molecule has 1 amide bonds. The molecule has 5 nitrogen and oxygen atoms in total. The second kappa shape index (κ2) is 5.92. The van der Waals surface area contributed by atoms with Gasteiger partial charge in [-0.2, -0.15) is 0 Å². The second-order valence-electron chi connectivity index (χ2n) is 4.72. The van der Waals surface area contributed by atoms with Crippen molar-refractivity contribution in [2.75, 3.05) is 13.6 Å². The first-order valence-electron chi connectivity index (χ1n) is 6.25. The van der Waals surface area contributed by atoms with Crippen LogP contribution in [0.4, 0.5) is 0 Å². The van der Waals surface area contributed by atoms with Crippen LogP contribution in [-0.2, 0) is 0 Å². The van der Waals surface area contributed by atoms with Crippen molar-refractivity contribution in [1.82, 2.24) is 14.9 Å². The highest BCUT2D eigenvalue weighted by Gasteiger charge is 2.18. The lowest BCUT2D eigenvalue weighted by Crippen LogP contribution is -2.35. The van der Waals surface area contributed by atoms with Crippen LogP contribution in [0.25, 0.3) is 11.0 Å². The number of para-hydroxylation sites is 1. The standard InChI is InChI=1S/C14H16N4OS/c1-9(13(15)20)8-18(2)14(19)10-4-3-5-11-12(10)17-7-6-16-11/h3-7,9H,8H2,1-2H3,(H2,15,20). The second-order valence-corrected chi connectivity index (χ2v) is 5.19. The van der Waals surface area contributed by atoms with Crippen LogP contribution in [0.5, 0.6) is 0 Å². The van der Waals surface area contributed by atoms with Gasteiger partial charge in [0, 0.05) is 31.9 Å². The summed E-state index contributed by atoms with van der Waals surface area (Å²) in [7, 11) is 1.73. The normalized spacial score (nSPS) is 12.1. The van der Waals surface area contributed by atoms with Gasteiger partial charge in [0.15, 0.2) is 0 Å². The summed E-state index contributed by atoms with van der Waals surface area (Å²) in [4.78, 5) is 22.9. The number of aromatic nitrogens is 2. The maximum Gasteiger partial charge on any atom is 0.255 e. The molecule has 2 rings (SSSR count). The lowest BCUT2D eigenvalue weighted by molar-refractivity contribution is 0.0788. The van der Waals surface area contributed by atoms with Gasteiger partial charge in [-0.05, 0) is 12.1 Å². The van der Waals surface area contributed by atoms with Crippen molar-refractivity contribution in [3.8, 4) is 0 Å². The van der Waals surface area contributed by atoms with Gasteiger partial charge in [-0.1, -0.05) is 25.2 Å². The summed E-state index contributed by atoms with van der Waals surface area (Å²) >= 11 is 4.93. The molecular weight excluding hydrogens is 272 g/mol. The third-order valence-corrected chi connectivity index (χ3v) is 3.51. The maximum absolute atomic E-state index is 12.5. The molecule has 0 fully saturated rings. The van der Waals surface area contributed by atoms with Gasteiger partial charge in [0.2, 0.25) is 0 Å². The molecule has 0 spiro atoms. The van der Waals surface area contributed by atoms with E-state index in [0.717, 1.165) is 0 Å². The molecule has 0 saturated carbocycles. The molecule has 1 unspecified atom stereocenters. The van der Waals surface area contributed by atoms with Gasteiger partial charge in [-0.15, -0.1) is 0 Å². The number of nitrogens with two attached hydrogens (primary N) is 1. The number of rotatable bonds is 4. The third kappa shape index (κ3) is 2.91. The zero-order valence-electron chi connectivity index (χ0n) is 11.4. The van der Waals surface area contributed by atoms with E-state index in [-0.39, 0.29) is 11.8 Å². The molecule has 104 valence electrons. The molecule has 2 aromatic rings. The number of carbonyl (C=O) groups excluding carboxylic acids is 1. The number of amides is 1. The van der Waals surface area contributed by atoms with Crippen molar-refractivity contribution < 1.29 is 4.79 Å². The molecule has 6 heteroatoms. The Bertz CT molecular complexity index is 653. The van der Waals surface area contributed by atoms with E-state index in [9.17, 15) is 4.79 Å². The van der Waals surface area contributed by atoms with Crippen LogP contribution >= 0.6 is 12.2 Å². The molecule has 0 aliphatic carbocycles. The third-order valence-electron chi connectivity index (χ3n) is 3.11. The predicted octanol–water partition coefficient (Wildman–Crippen LogP) is 1.62. The molecule has 20 heavy (non-hydrogen) atoms. The van der Waals surface area contributed by atoms with E-state index < -0.39 is 0 Å². The van der Waals surface area contributed by atoms with E-state index in [1.165, 1.54) is 0 Å². The van der Waals surface area contributed by atoms with E-state index in [1.54, 1.807) is 36.5 Å². The summed E-state index contributed by atoms with van der Waals surface area (Å²) < 4.78 is 0. The number of fused-ring (bicyclic) bond motifs is 1. The Morgan fingerprint density at radius 3 is 2.80 bits per heavy atom. The SMILES string of the molecule is CC(CN(C)C(=O)c1cccc2nccnc12)C(N)=S. The Morgan fingerprint density at radius 1 is 1.40 bits per heavy atom. The monoisotopic (exact) mass is 288 g/mol. The fourth-order valence-corrected chi connectivity index (χ4v) is 2.03. The number of hydrogen-bond acceptors (Lipinski definition) is 4. The summed E-state index contributed by atoms with van der Waals surface area (Å²) in [6, 6.07) is 5.38. The number of carbonyl (C=O) groups is 1. The van der Waals surface area contributed by atoms with Gasteiger partial charge in [0.25, 0.3) is 5.91 Å². The van der Waals surface area contributed by atoms with Crippen LogP contribution in [0.15, 0.2) is 30.6 Å². The first kappa shape index (κ1) is 14.3. The molecule has 0 aliphatic heterocycles. The van der Waals surface area contributed by atoms with Crippen molar-refractivity contribution in [2.24, 2.45) is 11.7 Å². The van der Waals surface area contributed by atoms with Crippen LogP contribution in [0, 0.1) is 5.92 Å². The van der Waals surface area contributed by atoms with E-state index in [1.807, 2.05) is 13.0 Å². The van der Waals surface area contributed by atoms with Gasteiger partial charge in [0.1, 0.15) is 5.52 Å². The minimum Gasteiger partial charge on any atom is -0.393 e. The zero-order chi connectivity index (χ0) is 14.7. The Hall–Kier alpha value is -2.08. The van der Waals surface area contributed by atoms with Crippen molar-refractivity contribution in [3.05, 3.63) is 36.2 Å². The van der Waals surface area contributed by atoms with Crippen LogP contribution in [-0.4, -0.2) is 39.4 Å². The number of hydrogen-bond donors (Lipinski definition) is 1. The van der Waals surface area contributed by atoms with Crippen molar-refractivity contribution in [3.63, 3.8) is 0 Å². The summed E-state index contributed by atoms with van der Waals surface area (Å²) in [6.45, 7) is 2.37. The van der Waals surface area contributed by atoms with Gasteiger partial charge in [-0.25, -0.2) is 0 Å². The highest BCUT2D eigenvalue weighted by molar-refractivity contribution is 7.80. The highest BCUT2D eigenvalue weighted by Crippen LogP contribution is 2.16. The topological polar surface area (TPSA) is 72.1 Å². The lowest BCUT2D eigenvalue weighted by Gasteiger charge is -2.21. The van der Waals surface area contributed by atoms with Crippen molar-refractivity contribution in [2.45, 2.75) is 6.92 Å². The molecule has 1 aromatic carbocycles. The lowest BCUT2D eigenvalue weighted by atomic mass is 10.1. The molecule has 0 bridgehead atoms. The number of nitrogens with zero attached hydrogens (tertiary/aromatic N) is 3. The average Bonchev–Trinajstić information content (AvgIpc) is 2.45. The molecule has 1 heterocycles. The number of benzene rings is 1.